The molecule has 15 heavy (non-hydrogen) atoms. The summed E-state index contributed by atoms with van der Waals surface area (Å²) in [5, 5.41) is 1.93. The van der Waals surface area contributed by atoms with Gasteiger partial charge in [0.05, 0.1) is 12.1 Å². The maximum absolute atomic E-state index is 11.8. The summed E-state index contributed by atoms with van der Waals surface area (Å²) in [5.41, 5.74) is 0. The summed E-state index contributed by atoms with van der Waals surface area (Å²) in [7, 11) is -2.98. The van der Waals surface area contributed by atoms with Crippen molar-refractivity contribution >= 4 is 18.4 Å². The topological polar surface area (TPSA) is 35.5 Å². The van der Waals surface area contributed by atoms with Crippen LogP contribution < -0.4 is 9.05 Å². The van der Waals surface area contributed by atoms with Crippen molar-refractivity contribution in [3.63, 3.8) is 0 Å². The zero-order valence-electron chi connectivity index (χ0n) is 8.14. The molecule has 0 bridgehead atoms. The number of rotatable bonds is 0. The molecule has 0 aromatic heterocycles. The minimum absolute atomic E-state index is 0.639. The molecule has 0 aliphatic carbocycles. The minimum Gasteiger partial charge on any atom is -0.415 e. The lowest BCUT2D eigenvalue weighted by molar-refractivity contribution is 0.386. The van der Waals surface area contributed by atoms with E-state index in [1.54, 1.807) is 0 Å². The van der Waals surface area contributed by atoms with Crippen LogP contribution in [0.5, 0.6) is 11.5 Å². The lowest BCUT2D eigenvalue weighted by atomic mass is 10.1. The predicted octanol–water partition coefficient (Wildman–Crippen LogP) is 3.43. The largest absolute Gasteiger partial charge is 0.427 e. The number of hydrogen-bond acceptors (Lipinski definition) is 3. The molecule has 0 saturated carbocycles. The van der Waals surface area contributed by atoms with E-state index < -0.39 is 7.60 Å². The normalized spacial score (nSPS) is 16.9. The number of hydrogen-bond donors (Lipinski definition) is 0. The number of benzene rings is 2. The molecule has 1 heterocycles. The van der Waals surface area contributed by atoms with Gasteiger partial charge in [-0.1, -0.05) is 24.3 Å². The third-order valence-electron chi connectivity index (χ3n) is 2.36. The maximum atomic E-state index is 11.8. The molecule has 3 nitrogen and oxygen atoms in total. The first-order chi connectivity index (χ1) is 7.16. The smallest absolute Gasteiger partial charge is 0.415 e. The Morgan fingerprint density at radius 2 is 1.53 bits per heavy atom. The van der Waals surface area contributed by atoms with E-state index in [2.05, 4.69) is 0 Å². The van der Waals surface area contributed by atoms with E-state index in [4.69, 9.17) is 9.05 Å². The van der Waals surface area contributed by atoms with Gasteiger partial charge in [0.15, 0.2) is 0 Å². The van der Waals surface area contributed by atoms with Crippen LogP contribution in [0.3, 0.4) is 0 Å². The van der Waals surface area contributed by atoms with E-state index in [-0.39, 0.29) is 0 Å². The maximum Gasteiger partial charge on any atom is 0.427 e. The van der Waals surface area contributed by atoms with Gasteiger partial charge in [0.25, 0.3) is 0 Å². The Labute approximate surface area is 87.2 Å². The van der Waals surface area contributed by atoms with E-state index >= 15 is 0 Å². The standard InChI is InChI=1S/C11H9O3P/c1-15(12)13-9-6-2-4-8-5-3-7-10(14-15)11(8)9/h2-7H,1H3. The second-order valence-corrected chi connectivity index (χ2v) is 5.47. The predicted molar refractivity (Wildman–Crippen MR) is 58.7 cm³/mol. The summed E-state index contributed by atoms with van der Waals surface area (Å²) in [4.78, 5) is 0. The van der Waals surface area contributed by atoms with Crippen LogP contribution in [0, 0.1) is 0 Å². The van der Waals surface area contributed by atoms with Crippen LogP contribution in [-0.4, -0.2) is 6.66 Å². The Bertz CT molecular complexity index is 547. The third kappa shape index (κ3) is 1.31. The average Bonchev–Trinajstić information content (AvgIpc) is 2.16. The van der Waals surface area contributed by atoms with Crippen molar-refractivity contribution in [2.45, 2.75) is 0 Å². The van der Waals surface area contributed by atoms with Crippen LogP contribution in [-0.2, 0) is 4.57 Å². The van der Waals surface area contributed by atoms with Gasteiger partial charge in [-0.05, 0) is 17.5 Å². The van der Waals surface area contributed by atoms with Gasteiger partial charge in [-0.25, -0.2) is 4.57 Å². The van der Waals surface area contributed by atoms with Crippen LogP contribution in [0.15, 0.2) is 36.4 Å². The monoisotopic (exact) mass is 220 g/mol. The second-order valence-electron chi connectivity index (χ2n) is 3.56. The molecule has 1 aliphatic heterocycles. The van der Waals surface area contributed by atoms with E-state index in [1.807, 2.05) is 36.4 Å². The highest BCUT2D eigenvalue weighted by molar-refractivity contribution is 7.53. The molecule has 1 aliphatic rings. The van der Waals surface area contributed by atoms with Gasteiger partial charge in [0.2, 0.25) is 0 Å². The lowest BCUT2D eigenvalue weighted by Gasteiger charge is -2.23. The Morgan fingerprint density at radius 3 is 2.07 bits per heavy atom. The van der Waals surface area contributed by atoms with Crippen molar-refractivity contribution in [2.75, 3.05) is 6.66 Å². The van der Waals surface area contributed by atoms with Gasteiger partial charge in [-0.3, -0.25) is 0 Å². The molecule has 0 amide bonds. The first-order valence-electron chi connectivity index (χ1n) is 4.64. The van der Waals surface area contributed by atoms with Crippen LogP contribution >= 0.6 is 7.60 Å². The molecule has 0 atom stereocenters. The Balaban J connectivity index is 2.41. The van der Waals surface area contributed by atoms with Crippen molar-refractivity contribution in [1.29, 1.82) is 0 Å². The first-order valence-corrected chi connectivity index (χ1v) is 6.63. The molecule has 3 rings (SSSR count). The van der Waals surface area contributed by atoms with Gasteiger partial charge in [0, 0.05) is 0 Å². The summed E-state index contributed by atoms with van der Waals surface area (Å²) >= 11 is 0. The van der Waals surface area contributed by atoms with Crippen LogP contribution in [0.4, 0.5) is 0 Å². The van der Waals surface area contributed by atoms with Crippen LogP contribution in [0.1, 0.15) is 0 Å². The molecule has 0 spiro atoms. The Morgan fingerprint density at radius 1 is 1.00 bits per heavy atom. The molecule has 4 heteroatoms. The van der Waals surface area contributed by atoms with Gasteiger partial charge in [-0.15, -0.1) is 0 Å². The van der Waals surface area contributed by atoms with Gasteiger partial charge in [0.1, 0.15) is 11.5 Å². The van der Waals surface area contributed by atoms with E-state index in [9.17, 15) is 4.57 Å². The fourth-order valence-corrected chi connectivity index (χ4v) is 2.86. The van der Waals surface area contributed by atoms with Gasteiger partial charge >= 0.3 is 7.60 Å². The molecule has 0 N–H and O–H groups in total. The summed E-state index contributed by atoms with van der Waals surface area (Å²) in [6.45, 7) is 1.47. The molecular weight excluding hydrogens is 211 g/mol. The highest BCUT2D eigenvalue weighted by Gasteiger charge is 2.28. The molecule has 2 aromatic carbocycles. The molecule has 0 fully saturated rings. The third-order valence-corrected chi connectivity index (χ3v) is 3.41. The van der Waals surface area contributed by atoms with E-state index in [0.29, 0.717) is 11.5 Å². The zero-order chi connectivity index (χ0) is 10.5. The summed E-state index contributed by atoms with van der Waals surface area (Å²) in [6.07, 6.45) is 0. The van der Waals surface area contributed by atoms with Crippen molar-refractivity contribution in [3.05, 3.63) is 36.4 Å². The SMILES string of the molecule is CP1(=O)Oc2cccc3cccc(c23)O1. The quantitative estimate of drug-likeness (QED) is 0.638. The molecule has 76 valence electrons. The molecular formula is C11H9O3P. The summed E-state index contributed by atoms with van der Waals surface area (Å²) < 4.78 is 22.4. The second kappa shape index (κ2) is 2.77. The van der Waals surface area contributed by atoms with Crippen LogP contribution in [0.25, 0.3) is 10.8 Å². The van der Waals surface area contributed by atoms with E-state index in [0.717, 1.165) is 10.8 Å². The molecule has 0 radical (unpaired) electrons. The average molecular weight is 220 g/mol. The van der Waals surface area contributed by atoms with Gasteiger partial charge < -0.3 is 9.05 Å². The minimum atomic E-state index is -2.98. The lowest BCUT2D eigenvalue weighted by Crippen LogP contribution is -2.04. The highest BCUT2D eigenvalue weighted by atomic mass is 31.2. The summed E-state index contributed by atoms with van der Waals surface area (Å²) in [5.74, 6) is 1.28. The first kappa shape index (κ1) is 8.81. The van der Waals surface area contributed by atoms with Crippen molar-refractivity contribution in [2.24, 2.45) is 0 Å². The van der Waals surface area contributed by atoms with Gasteiger partial charge in [-0.2, -0.15) is 0 Å². The molecule has 0 saturated heterocycles. The highest BCUT2D eigenvalue weighted by Crippen LogP contribution is 2.53. The molecule has 0 unspecified atom stereocenters. The van der Waals surface area contributed by atoms with E-state index in [1.165, 1.54) is 6.66 Å². The summed E-state index contributed by atoms with van der Waals surface area (Å²) in [6, 6.07) is 11.3. The van der Waals surface area contributed by atoms with Crippen molar-refractivity contribution in [1.82, 2.24) is 0 Å². The fourth-order valence-electron chi connectivity index (χ4n) is 1.80. The Hall–Kier alpha value is -1.47. The zero-order valence-corrected chi connectivity index (χ0v) is 9.03. The van der Waals surface area contributed by atoms with Crippen molar-refractivity contribution in [3.8, 4) is 11.5 Å². The Kier molecular flexibility index (Phi) is 1.63. The van der Waals surface area contributed by atoms with Crippen molar-refractivity contribution < 1.29 is 13.6 Å². The van der Waals surface area contributed by atoms with Crippen LogP contribution in [0.2, 0.25) is 0 Å². The molecule has 2 aromatic rings. The fraction of sp³-hybridized carbons (Fsp3) is 0.0909.